The number of nitrogens with one attached hydrogen (secondary N) is 4. The molecule has 1 atom stereocenters. The summed E-state index contributed by atoms with van der Waals surface area (Å²) in [5.74, 6) is -0.0659. The van der Waals surface area contributed by atoms with Crippen molar-refractivity contribution in [3.63, 3.8) is 0 Å². The smallest absolute Gasteiger partial charge is 0.263 e. The largest absolute Gasteiger partial charge is 0.361 e. The van der Waals surface area contributed by atoms with Gasteiger partial charge in [0, 0.05) is 23.1 Å². The maximum atomic E-state index is 12.9. The van der Waals surface area contributed by atoms with Crippen LogP contribution in [0.2, 0.25) is 0 Å². The second-order valence-corrected chi connectivity index (χ2v) is 8.82. The van der Waals surface area contributed by atoms with E-state index in [-0.39, 0.29) is 11.9 Å². The van der Waals surface area contributed by atoms with Gasteiger partial charge in [-0.1, -0.05) is 49.3 Å². The van der Waals surface area contributed by atoms with E-state index in [9.17, 15) is 4.79 Å². The van der Waals surface area contributed by atoms with Crippen LogP contribution in [0.4, 0.5) is 5.13 Å². The third-order valence-electron chi connectivity index (χ3n) is 5.30. The average molecular weight is 437 g/mol. The molecule has 1 unspecified atom stereocenters. The normalized spacial score (nSPS) is 12.2. The van der Waals surface area contributed by atoms with Crippen LogP contribution in [0.15, 0.2) is 42.7 Å². The highest BCUT2D eigenvalue weighted by Gasteiger charge is 2.18. The van der Waals surface area contributed by atoms with Crippen molar-refractivity contribution >= 4 is 33.3 Å². The summed E-state index contributed by atoms with van der Waals surface area (Å²) in [6, 6.07) is 10.4. The number of anilines is 1. The Morgan fingerprint density at radius 3 is 2.97 bits per heavy atom. The van der Waals surface area contributed by atoms with Gasteiger partial charge in [0.15, 0.2) is 5.13 Å². The number of benzene rings is 1. The monoisotopic (exact) mass is 436 g/mol. The van der Waals surface area contributed by atoms with Gasteiger partial charge in [-0.05, 0) is 37.5 Å². The highest BCUT2D eigenvalue weighted by Crippen LogP contribution is 2.22. The second-order valence-electron chi connectivity index (χ2n) is 7.79. The molecule has 3 heterocycles. The van der Waals surface area contributed by atoms with Crippen molar-refractivity contribution in [1.82, 2.24) is 25.5 Å². The number of aryl methyl sites for hydroxylation is 1. The topological polar surface area (TPSA) is 98.5 Å². The Morgan fingerprint density at radius 2 is 2.16 bits per heavy atom. The standard InChI is InChI=1S/C23H28N6OS/c1-3-4-7-17(11-16-12-24-20-9-6-5-8-19(16)20)27-22(30)21-14-26-23(31-21)25-13-18-10-15(2)28-29-18/h5-6,8-10,12,14,17,24H,3-4,7,11,13H2,1-2H3,(H,25,26)(H,27,30)(H,28,29). The van der Waals surface area contributed by atoms with Crippen LogP contribution in [0.5, 0.6) is 0 Å². The minimum absolute atomic E-state index is 0.0659. The van der Waals surface area contributed by atoms with Gasteiger partial charge in [0.05, 0.1) is 24.1 Å². The first-order valence-electron chi connectivity index (χ1n) is 10.7. The molecule has 0 radical (unpaired) electrons. The van der Waals surface area contributed by atoms with Crippen LogP contribution >= 0.6 is 11.3 Å². The van der Waals surface area contributed by atoms with Gasteiger partial charge < -0.3 is 15.6 Å². The van der Waals surface area contributed by atoms with Crippen molar-refractivity contribution in [2.45, 2.75) is 52.1 Å². The molecule has 0 saturated carbocycles. The quantitative estimate of drug-likeness (QED) is 0.287. The zero-order valence-corrected chi connectivity index (χ0v) is 18.7. The molecule has 0 bridgehead atoms. The molecule has 0 spiro atoms. The number of carbonyl (C=O) groups is 1. The van der Waals surface area contributed by atoms with Gasteiger partial charge in [0.2, 0.25) is 0 Å². The van der Waals surface area contributed by atoms with Crippen molar-refractivity contribution in [2.75, 3.05) is 5.32 Å². The van der Waals surface area contributed by atoms with E-state index >= 15 is 0 Å². The summed E-state index contributed by atoms with van der Waals surface area (Å²) in [6.07, 6.45) is 7.63. The zero-order chi connectivity index (χ0) is 21.6. The predicted molar refractivity (Wildman–Crippen MR) is 126 cm³/mol. The van der Waals surface area contributed by atoms with Crippen molar-refractivity contribution in [3.8, 4) is 0 Å². The van der Waals surface area contributed by atoms with Crippen LogP contribution in [0.3, 0.4) is 0 Å². The summed E-state index contributed by atoms with van der Waals surface area (Å²) < 4.78 is 0. The first kappa shape index (κ1) is 21.1. The molecule has 7 nitrogen and oxygen atoms in total. The van der Waals surface area contributed by atoms with Crippen LogP contribution in [-0.4, -0.2) is 32.1 Å². The number of nitrogens with zero attached hydrogens (tertiary/aromatic N) is 2. The minimum atomic E-state index is -0.0659. The summed E-state index contributed by atoms with van der Waals surface area (Å²) in [6.45, 7) is 4.71. The van der Waals surface area contributed by atoms with Gasteiger partial charge >= 0.3 is 0 Å². The molecular weight excluding hydrogens is 408 g/mol. The fourth-order valence-corrected chi connectivity index (χ4v) is 4.41. The maximum Gasteiger partial charge on any atom is 0.263 e. The molecule has 8 heteroatoms. The second kappa shape index (κ2) is 9.78. The third kappa shape index (κ3) is 5.32. The summed E-state index contributed by atoms with van der Waals surface area (Å²) in [4.78, 5) is 21.2. The van der Waals surface area contributed by atoms with Crippen LogP contribution in [0.1, 0.15) is 52.8 Å². The number of aromatic nitrogens is 4. The molecule has 4 N–H and O–H groups in total. The lowest BCUT2D eigenvalue weighted by molar-refractivity contribution is 0.0938. The Kier molecular flexibility index (Phi) is 6.66. The number of unbranched alkanes of at least 4 members (excludes halogenated alkanes) is 1. The van der Waals surface area contributed by atoms with Gasteiger partial charge in [-0.2, -0.15) is 5.10 Å². The summed E-state index contributed by atoms with van der Waals surface area (Å²) >= 11 is 1.37. The van der Waals surface area contributed by atoms with E-state index in [0.29, 0.717) is 11.4 Å². The van der Waals surface area contributed by atoms with E-state index in [1.54, 1.807) is 6.20 Å². The predicted octanol–water partition coefficient (Wildman–Crippen LogP) is 4.80. The lowest BCUT2D eigenvalue weighted by atomic mass is 10.0. The zero-order valence-electron chi connectivity index (χ0n) is 17.9. The Labute approximate surface area is 185 Å². The molecule has 0 saturated heterocycles. The van der Waals surface area contributed by atoms with Crippen LogP contribution in [0.25, 0.3) is 10.9 Å². The highest BCUT2D eigenvalue weighted by molar-refractivity contribution is 7.17. The lowest BCUT2D eigenvalue weighted by Crippen LogP contribution is -2.36. The SMILES string of the molecule is CCCCC(Cc1c[nH]c2ccccc12)NC(=O)c1cnc(NCc2cc(C)n[nH]2)s1. The minimum Gasteiger partial charge on any atom is -0.361 e. The first-order chi connectivity index (χ1) is 15.1. The Bertz CT molecular complexity index is 1140. The Balaban J connectivity index is 1.39. The number of hydrogen-bond donors (Lipinski definition) is 4. The number of amides is 1. The molecule has 4 aromatic rings. The molecule has 0 aliphatic carbocycles. The number of carbonyl (C=O) groups excluding carboxylic acids is 1. The molecule has 0 fully saturated rings. The summed E-state index contributed by atoms with van der Waals surface area (Å²) in [5, 5.41) is 15.5. The molecular formula is C23H28N6OS. The Hall–Kier alpha value is -3.13. The fraction of sp³-hybridized carbons (Fsp3) is 0.348. The molecule has 0 aliphatic rings. The molecule has 3 aromatic heterocycles. The Morgan fingerprint density at radius 1 is 1.29 bits per heavy atom. The molecule has 31 heavy (non-hydrogen) atoms. The van der Waals surface area contributed by atoms with Crippen molar-refractivity contribution in [1.29, 1.82) is 0 Å². The van der Waals surface area contributed by atoms with E-state index in [0.717, 1.165) is 47.7 Å². The van der Waals surface area contributed by atoms with E-state index in [1.807, 2.05) is 19.1 Å². The number of thiazole rings is 1. The molecule has 0 aliphatic heterocycles. The van der Waals surface area contributed by atoms with Crippen molar-refractivity contribution in [2.24, 2.45) is 0 Å². The van der Waals surface area contributed by atoms with Gasteiger partial charge in [-0.3, -0.25) is 9.89 Å². The number of fused-ring (bicyclic) bond motifs is 1. The van der Waals surface area contributed by atoms with Crippen LogP contribution in [-0.2, 0) is 13.0 Å². The van der Waals surface area contributed by atoms with Crippen molar-refractivity contribution in [3.05, 3.63) is 64.6 Å². The third-order valence-corrected chi connectivity index (χ3v) is 6.25. The number of H-pyrrole nitrogens is 2. The number of rotatable bonds is 10. The van der Waals surface area contributed by atoms with E-state index < -0.39 is 0 Å². The van der Waals surface area contributed by atoms with Gasteiger partial charge in [0.1, 0.15) is 4.88 Å². The van der Waals surface area contributed by atoms with Crippen LogP contribution < -0.4 is 10.6 Å². The number of aromatic amines is 2. The summed E-state index contributed by atoms with van der Waals surface area (Å²) in [5.41, 5.74) is 4.30. The lowest BCUT2D eigenvalue weighted by Gasteiger charge is -2.18. The first-order valence-corrected chi connectivity index (χ1v) is 11.5. The number of hydrogen-bond acceptors (Lipinski definition) is 5. The van der Waals surface area contributed by atoms with Gasteiger partial charge in [-0.15, -0.1) is 0 Å². The van der Waals surface area contributed by atoms with E-state index in [2.05, 4.69) is 62.1 Å². The molecule has 4 rings (SSSR count). The highest BCUT2D eigenvalue weighted by atomic mass is 32.1. The molecule has 1 amide bonds. The van der Waals surface area contributed by atoms with Crippen LogP contribution in [0, 0.1) is 6.92 Å². The van der Waals surface area contributed by atoms with Gasteiger partial charge in [-0.25, -0.2) is 4.98 Å². The molecule has 1 aromatic carbocycles. The number of para-hydroxylation sites is 1. The average Bonchev–Trinajstić information content (AvgIpc) is 3.51. The summed E-state index contributed by atoms with van der Waals surface area (Å²) in [7, 11) is 0. The maximum absolute atomic E-state index is 12.9. The van der Waals surface area contributed by atoms with E-state index in [1.165, 1.54) is 22.3 Å². The van der Waals surface area contributed by atoms with Crippen molar-refractivity contribution < 1.29 is 4.79 Å². The van der Waals surface area contributed by atoms with E-state index in [4.69, 9.17) is 0 Å². The molecule has 162 valence electrons. The fourth-order valence-electron chi connectivity index (χ4n) is 3.70. The van der Waals surface area contributed by atoms with Gasteiger partial charge in [0.25, 0.3) is 5.91 Å².